The fourth-order valence-corrected chi connectivity index (χ4v) is 1.44. The summed E-state index contributed by atoms with van der Waals surface area (Å²) in [6, 6.07) is 0. The molecule has 1 aliphatic rings. The number of aryl methyl sites for hydroxylation is 1. The van der Waals surface area contributed by atoms with Crippen LogP contribution in [-0.4, -0.2) is 31.4 Å². The lowest BCUT2D eigenvalue weighted by Gasteiger charge is -2.31. The number of aliphatic hydroxyl groups is 1. The van der Waals surface area contributed by atoms with E-state index in [9.17, 15) is 5.11 Å². The van der Waals surface area contributed by atoms with Gasteiger partial charge >= 0.3 is 0 Å². The van der Waals surface area contributed by atoms with Gasteiger partial charge in [0.1, 0.15) is 0 Å². The second-order valence-corrected chi connectivity index (χ2v) is 3.33. The minimum atomic E-state index is -0.137. The maximum absolute atomic E-state index is 9.32. The minimum Gasteiger partial charge on any atom is -0.393 e. The van der Waals surface area contributed by atoms with Gasteiger partial charge in [0.2, 0.25) is 0 Å². The molecule has 0 saturated heterocycles. The Kier molecular flexibility index (Phi) is 1.80. The average molecular weight is 168 g/mol. The van der Waals surface area contributed by atoms with Crippen molar-refractivity contribution in [2.45, 2.75) is 25.4 Å². The summed E-state index contributed by atoms with van der Waals surface area (Å²) in [5.74, 6) is 1.23. The fraction of sp³-hybridized carbons (Fsp3) is 0.857. The van der Waals surface area contributed by atoms with Crippen LogP contribution in [-0.2, 0) is 13.5 Å². The maximum atomic E-state index is 9.32. The highest BCUT2D eigenvalue weighted by Gasteiger charge is 2.30. The molecule has 1 aromatic heterocycles. The van der Waals surface area contributed by atoms with Crippen molar-refractivity contribution in [2.75, 3.05) is 0 Å². The third kappa shape index (κ3) is 1.20. The van der Waals surface area contributed by atoms with Crippen molar-refractivity contribution in [1.29, 1.82) is 0 Å². The van der Waals surface area contributed by atoms with E-state index in [2.05, 4.69) is 15.5 Å². The van der Waals surface area contributed by atoms with Crippen LogP contribution in [0.25, 0.3) is 0 Å². The Balaban J connectivity index is 1.99. The Hall–Kier alpha value is -0.970. The van der Waals surface area contributed by atoms with Crippen molar-refractivity contribution in [2.24, 2.45) is 13.0 Å². The molecular formula is C7H12N4O. The lowest BCUT2D eigenvalue weighted by Crippen LogP contribution is -2.33. The normalized spacial score (nSPS) is 28.5. The van der Waals surface area contributed by atoms with Gasteiger partial charge in [-0.25, -0.2) is 4.68 Å². The first-order valence-electron chi connectivity index (χ1n) is 4.16. The van der Waals surface area contributed by atoms with Crippen molar-refractivity contribution in [1.82, 2.24) is 20.2 Å². The van der Waals surface area contributed by atoms with Crippen LogP contribution in [0.2, 0.25) is 0 Å². The molecule has 2 rings (SSSR count). The van der Waals surface area contributed by atoms with E-state index in [1.54, 1.807) is 4.68 Å². The van der Waals surface area contributed by atoms with E-state index in [-0.39, 0.29) is 6.10 Å². The number of tetrazole rings is 1. The van der Waals surface area contributed by atoms with Gasteiger partial charge in [-0.15, -0.1) is 5.10 Å². The molecule has 12 heavy (non-hydrogen) atoms. The topological polar surface area (TPSA) is 63.8 Å². The Morgan fingerprint density at radius 3 is 2.83 bits per heavy atom. The molecule has 0 spiro atoms. The summed E-state index contributed by atoms with van der Waals surface area (Å²) in [6.07, 6.45) is 2.68. The molecule has 1 aliphatic carbocycles. The second-order valence-electron chi connectivity index (χ2n) is 3.33. The van der Waals surface area contributed by atoms with E-state index in [1.807, 2.05) is 7.05 Å². The van der Waals surface area contributed by atoms with Crippen LogP contribution in [0.5, 0.6) is 0 Å². The van der Waals surface area contributed by atoms with E-state index >= 15 is 0 Å². The van der Waals surface area contributed by atoms with Crippen molar-refractivity contribution in [3.8, 4) is 0 Å². The van der Waals surface area contributed by atoms with E-state index in [0.29, 0.717) is 5.92 Å². The molecule has 2 atom stereocenters. The Bertz CT molecular complexity index is 272. The summed E-state index contributed by atoms with van der Waals surface area (Å²) in [5, 5.41) is 20.4. The van der Waals surface area contributed by atoms with Gasteiger partial charge in [0.15, 0.2) is 5.82 Å². The van der Waals surface area contributed by atoms with Gasteiger partial charge < -0.3 is 5.11 Å². The van der Waals surface area contributed by atoms with Gasteiger partial charge in [0, 0.05) is 13.5 Å². The smallest absolute Gasteiger partial charge is 0.151 e. The number of hydrogen-bond acceptors (Lipinski definition) is 4. The summed E-state index contributed by atoms with van der Waals surface area (Å²) < 4.78 is 1.66. The van der Waals surface area contributed by atoms with Gasteiger partial charge in [-0.05, 0) is 29.2 Å². The second kappa shape index (κ2) is 2.82. The van der Waals surface area contributed by atoms with Crippen molar-refractivity contribution < 1.29 is 5.11 Å². The molecule has 1 fully saturated rings. The fourth-order valence-electron chi connectivity index (χ4n) is 1.44. The summed E-state index contributed by atoms with van der Waals surface area (Å²) in [6.45, 7) is 0. The first kappa shape index (κ1) is 7.67. The molecule has 2 unspecified atom stereocenters. The molecule has 1 heterocycles. The number of nitrogens with zero attached hydrogens (tertiary/aromatic N) is 4. The largest absolute Gasteiger partial charge is 0.393 e. The van der Waals surface area contributed by atoms with E-state index in [1.165, 1.54) is 0 Å². The Morgan fingerprint density at radius 1 is 1.58 bits per heavy atom. The van der Waals surface area contributed by atoms with Crippen LogP contribution in [0.3, 0.4) is 0 Å². The molecule has 1 N–H and O–H groups in total. The van der Waals surface area contributed by atoms with Crippen LogP contribution in [0.4, 0.5) is 0 Å². The van der Waals surface area contributed by atoms with Crippen LogP contribution in [0.15, 0.2) is 0 Å². The zero-order valence-corrected chi connectivity index (χ0v) is 7.01. The highest BCUT2D eigenvalue weighted by atomic mass is 16.3. The maximum Gasteiger partial charge on any atom is 0.151 e. The lowest BCUT2D eigenvalue weighted by atomic mass is 9.79. The third-order valence-electron chi connectivity index (χ3n) is 2.53. The average Bonchev–Trinajstić information content (AvgIpc) is 2.44. The van der Waals surface area contributed by atoms with Crippen molar-refractivity contribution in [3.05, 3.63) is 5.82 Å². The van der Waals surface area contributed by atoms with Gasteiger partial charge in [0.05, 0.1) is 6.10 Å². The highest BCUT2D eigenvalue weighted by Crippen LogP contribution is 2.29. The van der Waals surface area contributed by atoms with Gasteiger partial charge in [-0.2, -0.15) is 0 Å². The van der Waals surface area contributed by atoms with Crippen molar-refractivity contribution in [3.63, 3.8) is 0 Å². The number of rotatable bonds is 2. The summed E-state index contributed by atoms with van der Waals surface area (Å²) in [4.78, 5) is 0. The third-order valence-corrected chi connectivity index (χ3v) is 2.53. The molecule has 5 heteroatoms. The van der Waals surface area contributed by atoms with Gasteiger partial charge in [0.25, 0.3) is 0 Å². The van der Waals surface area contributed by atoms with Crippen LogP contribution >= 0.6 is 0 Å². The molecule has 1 aromatic rings. The molecule has 66 valence electrons. The predicted octanol–water partition coefficient (Wildman–Crippen LogP) is -0.477. The van der Waals surface area contributed by atoms with Gasteiger partial charge in [-0.1, -0.05) is 0 Å². The number of aromatic nitrogens is 4. The molecule has 5 nitrogen and oxygen atoms in total. The first-order chi connectivity index (χ1) is 5.77. The van der Waals surface area contributed by atoms with E-state index < -0.39 is 0 Å². The molecule has 0 aromatic carbocycles. The quantitative estimate of drug-likeness (QED) is 0.648. The van der Waals surface area contributed by atoms with Crippen LogP contribution in [0.1, 0.15) is 18.7 Å². The monoisotopic (exact) mass is 168 g/mol. The first-order valence-corrected chi connectivity index (χ1v) is 4.16. The zero-order chi connectivity index (χ0) is 8.55. The number of hydrogen-bond donors (Lipinski definition) is 1. The van der Waals surface area contributed by atoms with Crippen LogP contribution in [0, 0.1) is 5.92 Å². The summed E-state index contributed by atoms with van der Waals surface area (Å²) >= 11 is 0. The lowest BCUT2D eigenvalue weighted by molar-refractivity contribution is 0.0229. The SMILES string of the molecule is Cn1nnnc1CC1CCC1O. The van der Waals surface area contributed by atoms with E-state index in [4.69, 9.17) is 0 Å². The minimum absolute atomic E-state index is 0.137. The molecule has 0 bridgehead atoms. The molecule has 0 aliphatic heterocycles. The molecule has 0 radical (unpaired) electrons. The number of aliphatic hydroxyl groups excluding tert-OH is 1. The summed E-state index contributed by atoms with van der Waals surface area (Å²) in [5.41, 5.74) is 0. The standard InChI is InChI=1S/C7H12N4O/c1-11-7(8-9-10-11)4-5-2-3-6(5)12/h5-6,12H,2-4H2,1H3. The highest BCUT2D eigenvalue weighted by molar-refractivity contribution is 4.90. The van der Waals surface area contributed by atoms with E-state index in [0.717, 1.165) is 25.1 Å². The molecule has 1 saturated carbocycles. The predicted molar refractivity (Wildman–Crippen MR) is 41.2 cm³/mol. The van der Waals surface area contributed by atoms with Crippen molar-refractivity contribution >= 4 is 0 Å². The summed E-state index contributed by atoms with van der Waals surface area (Å²) in [7, 11) is 1.82. The molecule has 0 amide bonds. The Labute approximate surface area is 70.4 Å². The Morgan fingerprint density at radius 2 is 2.42 bits per heavy atom. The zero-order valence-electron chi connectivity index (χ0n) is 7.01. The van der Waals surface area contributed by atoms with Crippen LogP contribution < -0.4 is 0 Å². The van der Waals surface area contributed by atoms with Gasteiger partial charge in [-0.3, -0.25) is 0 Å². The molecular weight excluding hydrogens is 156 g/mol.